The molecule has 0 fully saturated rings. The molecule has 3 aromatic rings. The Kier molecular flexibility index (Phi) is 1.83. The molecule has 2 aromatic heterocycles. The summed E-state index contributed by atoms with van der Waals surface area (Å²) in [7, 11) is 0. The van der Waals surface area contributed by atoms with E-state index in [1.807, 2.05) is 24.3 Å². The number of carbonyl (C=O) groups is 1. The van der Waals surface area contributed by atoms with E-state index in [0.717, 1.165) is 11.0 Å². The highest BCUT2D eigenvalue weighted by Crippen LogP contribution is 2.25. The number of hydrogen-bond donors (Lipinski definition) is 0. The number of para-hydroxylation sites is 1. The zero-order chi connectivity index (χ0) is 11.0. The Hall–Kier alpha value is -2.43. The molecule has 3 rings (SSSR count). The van der Waals surface area contributed by atoms with E-state index in [0.29, 0.717) is 12.0 Å². The highest BCUT2D eigenvalue weighted by Gasteiger charge is 2.12. The lowest BCUT2D eigenvalue weighted by atomic mass is 10.2. The van der Waals surface area contributed by atoms with Crippen molar-refractivity contribution in [2.45, 2.75) is 0 Å². The van der Waals surface area contributed by atoms with Gasteiger partial charge in [0.25, 0.3) is 5.89 Å². The fourth-order valence-electron chi connectivity index (χ4n) is 1.48. The van der Waals surface area contributed by atoms with Gasteiger partial charge in [-0.05, 0) is 12.1 Å². The minimum atomic E-state index is -0.0598. The van der Waals surface area contributed by atoms with Crippen molar-refractivity contribution in [2.75, 3.05) is 0 Å². The van der Waals surface area contributed by atoms with Crippen LogP contribution in [0.1, 0.15) is 10.7 Å². The number of furan rings is 1. The SMILES string of the molecule is O=Cc1nc(-c2cc3ccccc3o2)no1. The number of hydrogen-bond acceptors (Lipinski definition) is 5. The van der Waals surface area contributed by atoms with Crippen LogP contribution in [-0.2, 0) is 0 Å². The number of aldehydes is 1. The lowest BCUT2D eigenvalue weighted by Crippen LogP contribution is -1.78. The molecule has 0 amide bonds. The molecule has 0 atom stereocenters. The van der Waals surface area contributed by atoms with E-state index in [1.165, 1.54) is 0 Å². The molecule has 0 spiro atoms. The van der Waals surface area contributed by atoms with Crippen molar-refractivity contribution >= 4 is 17.3 Å². The zero-order valence-electron chi connectivity index (χ0n) is 8.08. The van der Waals surface area contributed by atoms with Crippen LogP contribution >= 0.6 is 0 Å². The van der Waals surface area contributed by atoms with Gasteiger partial charge in [0, 0.05) is 5.39 Å². The quantitative estimate of drug-likeness (QED) is 0.612. The van der Waals surface area contributed by atoms with Gasteiger partial charge < -0.3 is 8.94 Å². The van der Waals surface area contributed by atoms with Crippen molar-refractivity contribution in [3.8, 4) is 11.6 Å². The van der Waals surface area contributed by atoms with Gasteiger partial charge in [0.2, 0.25) is 12.1 Å². The van der Waals surface area contributed by atoms with Gasteiger partial charge >= 0.3 is 0 Å². The molecule has 0 unspecified atom stereocenters. The van der Waals surface area contributed by atoms with E-state index in [9.17, 15) is 4.79 Å². The average molecular weight is 214 g/mol. The number of aromatic nitrogens is 2. The molecule has 0 aliphatic carbocycles. The number of carbonyl (C=O) groups excluding carboxylic acids is 1. The van der Waals surface area contributed by atoms with Gasteiger partial charge in [-0.25, -0.2) is 0 Å². The van der Waals surface area contributed by atoms with Crippen LogP contribution in [0.2, 0.25) is 0 Å². The fraction of sp³-hybridized carbons (Fsp3) is 0. The Bertz CT molecular complexity index is 621. The summed E-state index contributed by atoms with van der Waals surface area (Å²) in [4.78, 5) is 14.3. The monoisotopic (exact) mass is 214 g/mol. The normalized spacial score (nSPS) is 10.8. The van der Waals surface area contributed by atoms with Crippen LogP contribution in [0, 0.1) is 0 Å². The molecular weight excluding hydrogens is 208 g/mol. The van der Waals surface area contributed by atoms with Crippen LogP contribution in [0.15, 0.2) is 39.3 Å². The van der Waals surface area contributed by atoms with Gasteiger partial charge in [-0.15, -0.1) is 0 Å². The van der Waals surface area contributed by atoms with Gasteiger partial charge in [-0.3, -0.25) is 4.79 Å². The summed E-state index contributed by atoms with van der Waals surface area (Å²) in [5.74, 6) is 0.701. The Morgan fingerprint density at radius 2 is 2.12 bits per heavy atom. The van der Waals surface area contributed by atoms with Crippen molar-refractivity contribution in [3.63, 3.8) is 0 Å². The molecule has 1 aromatic carbocycles. The van der Waals surface area contributed by atoms with Crippen molar-refractivity contribution in [2.24, 2.45) is 0 Å². The van der Waals surface area contributed by atoms with Crippen LogP contribution in [0.5, 0.6) is 0 Å². The fourth-order valence-corrected chi connectivity index (χ4v) is 1.48. The predicted molar refractivity (Wildman–Crippen MR) is 54.9 cm³/mol. The highest BCUT2D eigenvalue weighted by atomic mass is 16.5. The van der Waals surface area contributed by atoms with Crippen LogP contribution in [0.4, 0.5) is 0 Å². The summed E-state index contributed by atoms with van der Waals surface area (Å²) in [5.41, 5.74) is 0.745. The third kappa shape index (κ3) is 1.30. The molecular formula is C11H6N2O3. The molecule has 0 radical (unpaired) electrons. The Morgan fingerprint density at radius 3 is 2.88 bits per heavy atom. The molecule has 0 N–H and O–H groups in total. The molecule has 78 valence electrons. The topological polar surface area (TPSA) is 69.1 Å². The van der Waals surface area contributed by atoms with Gasteiger partial charge in [-0.1, -0.05) is 23.4 Å². The number of nitrogens with zero attached hydrogens (tertiary/aromatic N) is 2. The third-order valence-corrected chi connectivity index (χ3v) is 2.19. The molecule has 0 saturated carbocycles. The first-order valence-electron chi connectivity index (χ1n) is 4.64. The number of benzene rings is 1. The third-order valence-electron chi connectivity index (χ3n) is 2.19. The largest absolute Gasteiger partial charge is 0.453 e. The Labute approximate surface area is 89.7 Å². The van der Waals surface area contributed by atoms with E-state index in [2.05, 4.69) is 14.7 Å². The van der Waals surface area contributed by atoms with Crippen molar-refractivity contribution in [1.29, 1.82) is 0 Å². The summed E-state index contributed by atoms with van der Waals surface area (Å²) in [6.07, 6.45) is 0.499. The van der Waals surface area contributed by atoms with E-state index in [4.69, 9.17) is 4.42 Å². The molecule has 2 heterocycles. The van der Waals surface area contributed by atoms with Gasteiger partial charge in [-0.2, -0.15) is 4.98 Å². The molecule has 0 bridgehead atoms. The Balaban J connectivity index is 2.14. The maximum Gasteiger partial charge on any atom is 0.291 e. The van der Waals surface area contributed by atoms with Crippen LogP contribution in [0.3, 0.4) is 0 Å². The second-order valence-electron chi connectivity index (χ2n) is 3.22. The second-order valence-corrected chi connectivity index (χ2v) is 3.22. The average Bonchev–Trinajstić information content (AvgIpc) is 2.95. The van der Waals surface area contributed by atoms with E-state index < -0.39 is 0 Å². The second kappa shape index (κ2) is 3.30. The van der Waals surface area contributed by atoms with Gasteiger partial charge in [0.15, 0.2) is 5.76 Å². The molecule has 5 nitrogen and oxygen atoms in total. The number of rotatable bonds is 2. The first kappa shape index (κ1) is 8.84. The highest BCUT2D eigenvalue weighted by molar-refractivity contribution is 5.81. The first-order valence-corrected chi connectivity index (χ1v) is 4.64. The smallest absolute Gasteiger partial charge is 0.291 e. The van der Waals surface area contributed by atoms with E-state index >= 15 is 0 Å². The van der Waals surface area contributed by atoms with Crippen molar-refractivity contribution < 1.29 is 13.7 Å². The zero-order valence-corrected chi connectivity index (χ0v) is 8.08. The number of fused-ring (bicyclic) bond motifs is 1. The molecule has 5 heteroatoms. The molecule has 0 aliphatic heterocycles. The minimum Gasteiger partial charge on any atom is -0.453 e. The van der Waals surface area contributed by atoms with E-state index in [1.54, 1.807) is 6.07 Å². The standard InChI is InChI=1S/C11H6N2O3/c14-6-10-12-11(13-16-10)9-5-7-3-1-2-4-8(7)15-9/h1-6H. The van der Waals surface area contributed by atoms with Crippen LogP contribution in [-0.4, -0.2) is 16.4 Å². The van der Waals surface area contributed by atoms with Gasteiger partial charge in [0.05, 0.1) is 0 Å². The van der Waals surface area contributed by atoms with Crippen molar-refractivity contribution in [1.82, 2.24) is 10.1 Å². The Morgan fingerprint density at radius 1 is 1.25 bits per heavy atom. The first-order chi connectivity index (χ1) is 7.86. The lowest BCUT2D eigenvalue weighted by molar-refractivity contribution is 0.108. The lowest BCUT2D eigenvalue weighted by Gasteiger charge is -1.83. The maximum absolute atomic E-state index is 10.4. The van der Waals surface area contributed by atoms with Crippen LogP contribution < -0.4 is 0 Å². The molecule has 0 saturated heterocycles. The minimum absolute atomic E-state index is 0.0598. The predicted octanol–water partition coefficient (Wildman–Crippen LogP) is 2.30. The van der Waals surface area contributed by atoms with E-state index in [-0.39, 0.29) is 11.7 Å². The van der Waals surface area contributed by atoms with Crippen LogP contribution in [0.25, 0.3) is 22.6 Å². The summed E-state index contributed by atoms with van der Waals surface area (Å²) in [6, 6.07) is 9.36. The van der Waals surface area contributed by atoms with Crippen molar-refractivity contribution in [3.05, 3.63) is 36.2 Å². The summed E-state index contributed by atoms with van der Waals surface area (Å²) < 4.78 is 10.2. The van der Waals surface area contributed by atoms with Gasteiger partial charge in [0.1, 0.15) is 5.58 Å². The summed E-state index contributed by atoms with van der Waals surface area (Å²) in [5, 5.41) is 4.60. The summed E-state index contributed by atoms with van der Waals surface area (Å²) >= 11 is 0. The molecule has 16 heavy (non-hydrogen) atoms. The maximum atomic E-state index is 10.4. The molecule has 0 aliphatic rings. The summed E-state index contributed by atoms with van der Waals surface area (Å²) in [6.45, 7) is 0.